The second-order valence-electron chi connectivity index (χ2n) is 8.50. The molecule has 0 aliphatic carbocycles. The number of benzene rings is 2. The molecule has 3 heterocycles. The average Bonchev–Trinajstić information content (AvgIpc) is 3.29. The number of aromatic nitrogens is 3. The van der Waals surface area contributed by atoms with Crippen LogP contribution in [-0.4, -0.2) is 29.8 Å². The van der Waals surface area contributed by atoms with E-state index in [0.29, 0.717) is 34.6 Å². The molecule has 1 N–H and O–H groups in total. The maximum atomic E-state index is 13.5. The van der Waals surface area contributed by atoms with E-state index in [1.165, 1.54) is 35.1 Å². The topological polar surface area (TPSA) is 86.1 Å². The molecule has 2 aromatic carbocycles. The summed E-state index contributed by atoms with van der Waals surface area (Å²) < 4.78 is 89.0. The van der Waals surface area contributed by atoms with Crippen LogP contribution < -0.4 is 9.46 Å². The molecule has 0 bridgehead atoms. The zero-order valence-corrected chi connectivity index (χ0v) is 20.1. The third kappa shape index (κ3) is 4.88. The van der Waals surface area contributed by atoms with Gasteiger partial charge < -0.3 is 4.74 Å². The van der Waals surface area contributed by atoms with Gasteiger partial charge in [-0.1, -0.05) is 12.1 Å². The highest BCUT2D eigenvalue weighted by atomic mass is 32.2. The Bertz CT molecular complexity index is 1570. The first-order chi connectivity index (χ1) is 17.5. The number of pyridine rings is 1. The molecular weight excluding hydrogens is 512 g/mol. The van der Waals surface area contributed by atoms with Crippen LogP contribution in [-0.2, 0) is 23.2 Å². The summed E-state index contributed by atoms with van der Waals surface area (Å²) in [6.45, 7) is 0.236. The Morgan fingerprint density at radius 3 is 2.51 bits per heavy atom. The number of nitrogens with one attached hydrogen (secondary N) is 1. The molecule has 1 aliphatic heterocycles. The van der Waals surface area contributed by atoms with Gasteiger partial charge in [-0.15, -0.1) is 0 Å². The Labute approximate surface area is 209 Å². The van der Waals surface area contributed by atoms with Crippen molar-refractivity contribution in [3.05, 3.63) is 89.5 Å². The molecule has 0 spiro atoms. The Balaban J connectivity index is 1.54. The number of halogens is 4. The number of aryl methyl sites for hydroxylation is 1. The fourth-order valence-corrected chi connectivity index (χ4v) is 5.41. The largest absolute Gasteiger partial charge is 0.493 e. The van der Waals surface area contributed by atoms with Crippen LogP contribution in [0.15, 0.2) is 71.9 Å². The lowest BCUT2D eigenvalue weighted by Gasteiger charge is -2.28. The summed E-state index contributed by atoms with van der Waals surface area (Å²) in [5.41, 5.74) is 1.41. The lowest BCUT2D eigenvalue weighted by Crippen LogP contribution is -2.19. The zero-order chi connectivity index (χ0) is 26.4. The maximum Gasteiger partial charge on any atom is 0.416 e. The second-order valence-corrected chi connectivity index (χ2v) is 10.2. The summed E-state index contributed by atoms with van der Waals surface area (Å²) >= 11 is 0. The van der Waals surface area contributed by atoms with Gasteiger partial charge in [0.15, 0.2) is 0 Å². The number of fused-ring (bicyclic) bond motifs is 1. The lowest BCUT2D eigenvalue weighted by molar-refractivity contribution is -0.137. The third-order valence-corrected chi connectivity index (χ3v) is 7.51. The number of rotatable bonds is 5. The predicted octanol–water partition coefficient (Wildman–Crippen LogP) is 5.36. The van der Waals surface area contributed by atoms with Gasteiger partial charge >= 0.3 is 6.18 Å². The fourth-order valence-electron chi connectivity index (χ4n) is 4.39. The van der Waals surface area contributed by atoms with Gasteiger partial charge in [-0.3, -0.25) is 9.40 Å². The number of alkyl halides is 3. The van der Waals surface area contributed by atoms with Crippen LogP contribution in [0.2, 0.25) is 0 Å². The number of ether oxygens (including phenoxy) is 1. The van der Waals surface area contributed by atoms with Crippen LogP contribution in [0.4, 0.5) is 23.4 Å². The third-order valence-electron chi connectivity index (χ3n) is 6.15. The first kappa shape index (κ1) is 24.8. The van der Waals surface area contributed by atoms with E-state index in [4.69, 9.17) is 4.74 Å². The first-order valence-electron chi connectivity index (χ1n) is 11.1. The van der Waals surface area contributed by atoms with E-state index < -0.39 is 27.6 Å². The summed E-state index contributed by atoms with van der Waals surface area (Å²) in [7, 11) is -2.41. The van der Waals surface area contributed by atoms with Crippen molar-refractivity contribution in [1.29, 1.82) is 0 Å². The molecule has 0 saturated heterocycles. The van der Waals surface area contributed by atoms with Crippen molar-refractivity contribution in [1.82, 2.24) is 14.8 Å². The Morgan fingerprint density at radius 1 is 1.05 bits per heavy atom. The molecule has 7 nitrogen and oxygen atoms in total. The summed E-state index contributed by atoms with van der Waals surface area (Å²) in [5, 5.41) is 4.10. The minimum atomic E-state index is -4.52. The monoisotopic (exact) mass is 532 g/mol. The van der Waals surface area contributed by atoms with Crippen LogP contribution >= 0.6 is 0 Å². The van der Waals surface area contributed by atoms with Crippen LogP contribution in [0, 0.1) is 5.82 Å². The molecule has 0 saturated carbocycles. The quantitative estimate of drug-likeness (QED) is 0.350. The van der Waals surface area contributed by atoms with Crippen molar-refractivity contribution in [3.63, 3.8) is 0 Å². The number of sulfonamides is 1. The van der Waals surface area contributed by atoms with Crippen molar-refractivity contribution in [2.24, 2.45) is 7.05 Å². The number of hydrogen-bond acceptors (Lipinski definition) is 5. The van der Waals surface area contributed by atoms with Crippen molar-refractivity contribution in [2.45, 2.75) is 23.4 Å². The van der Waals surface area contributed by atoms with E-state index in [2.05, 4.69) is 14.8 Å². The number of anilines is 1. The van der Waals surface area contributed by atoms with Crippen molar-refractivity contribution in [3.8, 4) is 17.0 Å². The smallest absolute Gasteiger partial charge is 0.416 e. The molecular formula is C25H20F4N4O3S. The van der Waals surface area contributed by atoms with E-state index in [9.17, 15) is 26.0 Å². The molecule has 37 heavy (non-hydrogen) atoms. The molecule has 2 aromatic heterocycles. The summed E-state index contributed by atoms with van der Waals surface area (Å²) in [6, 6.07) is 11.9. The fraction of sp³-hybridized carbons (Fsp3) is 0.200. The maximum absolute atomic E-state index is 13.5. The Hall–Kier alpha value is -3.93. The van der Waals surface area contributed by atoms with Gasteiger partial charge in [0.25, 0.3) is 10.0 Å². The standard InChI is InChI=1S/C25H20F4N4O3S/c1-33-22(8-10-31-33)21-12-15(25(27,28)29)2-5-18(21)19-9-11-36-23-13-17(4-6-20(19)23)37(34,35)32-24-7-3-16(26)14-30-24/h2-8,10,12-14,19H,9,11H2,1H3,(H,30,32)/t19-/m0/s1. The minimum absolute atomic E-state index is 0.0523. The normalized spacial score (nSPS) is 15.6. The molecule has 0 unspecified atom stereocenters. The van der Waals surface area contributed by atoms with Gasteiger partial charge in [0.2, 0.25) is 0 Å². The van der Waals surface area contributed by atoms with E-state index in [-0.39, 0.29) is 23.2 Å². The van der Waals surface area contributed by atoms with Gasteiger partial charge in [0, 0.05) is 36.4 Å². The van der Waals surface area contributed by atoms with Gasteiger partial charge in [-0.25, -0.2) is 17.8 Å². The Morgan fingerprint density at radius 2 is 1.84 bits per heavy atom. The first-order valence-corrected chi connectivity index (χ1v) is 12.6. The van der Waals surface area contributed by atoms with Gasteiger partial charge in [-0.05, 0) is 48.4 Å². The van der Waals surface area contributed by atoms with E-state index in [0.717, 1.165) is 24.4 Å². The highest BCUT2D eigenvalue weighted by molar-refractivity contribution is 7.92. The molecule has 1 atom stereocenters. The molecule has 0 fully saturated rings. The van der Waals surface area contributed by atoms with Crippen molar-refractivity contribution < 1.29 is 30.7 Å². The molecule has 12 heteroatoms. The minimum Gasteiger partial charge on any atom is -0.493 e. The van der Waals surface area contributed by atoms with Gasteiger partial charge in [0.1, 0.15) is 17.4 Å². The number of nitrogens with zero attached hydrogens (tertiary/aromatic N) is 3. The lowest BCUT2D eigenvalue weighted by atomic mass is 9.83. The summed E-state index contributed by atoms with van der Waals surface area (Å²) in [5.74, 6) is -0.699. The molecule has 0 radical (unpaired) electrons. The molecule has 1 aliphatic rings. The van der Waals surface area contributed by atoms with E-state index in [1.54, 1.807) is 19.2 Å². The average molecular weight is 533 g/mol. The zero-order valence-electron chi connectivity index (χ0n) is 19.3. The van der Waals surface area contributed by atoms with Gasteiger partial charge in [-0.2, -0.15) is 18.3 Å². The highest BCUT2D eigenvalue weighted by Crippen LogP contribution is 2.44. The molecule has 0 amide bonds. The van der Waals surface area contributed by atoms with Gasteiger partial charge in [0.05, 0.1) is 29.0 Å². The van der Waals surface area contributed by atoms with E-state index >= 15 is 0 Å². The van der Waals surface area contributed by atoms with Crippen molar-refractivity contribution in [2.75, 3.05) is 11.3 Å². The second kappa shape index (κ2) is 9.18. The summed E-state index contributed by atoms with van der Waals surface area (Å²) in [4.78, 5) is 3.61. The van der Waals surface area contributed by atoms with Crippen LogP contribution in [0.25, 0.3) is 11.3 Å². The number of hydrogen-bond donors (Lipinski definition) is 1. The highest BCUT2D eigenvalue weighted by Gasteiger charge is 2.33. The molecule has 192 valence electrons. The Kier molecular flexibility index (Phi) is 6.14. The predicted molar refractivity (Wildman–Crippen MR) is 127 cm³/mol. The SMILES string of the molecule is Cn1nccc1-c1cc(C(F)(F)F)ccc1[C@@H]1CCOc2cc(S(=O)(=O)Nc3ccc(F)cn3)ccc21. The summed E-state index contributed by atoms with van der Waals surface area (Å²) in [6.07, 6.45) is -1.64. The van der Waals surface area contributed by atoms with Crippen molar-refractivity contribution >= 4 is 15.8 Å². The van der Waals surface area contributed by atoms with E-state index in [1.807, 2.05) is 0 Å². The molecule has 4 aromatic rings. The van der Waals surface area contributed by atoms with Crippen LogP contribution in [0.3, 0.4) is 0 Å². The van der Waals surface area contributed by atoms with Crippen LogP contribution in [0.5, 0.6) is 5.75 Å². The molecule has 5 rings (SSSR count). The van der Waals surface area contributed by atoms with Crippen LogP contribution in [0.1, 0.15) is 29.0 Å².